The van der Waals surface area contributed by atoms with Crippen LogP contribution in [0.15, 0.2) is 54.6 Å². The van der Waals surface area contributed by atoms with E-state index in [1.165, 1.54) is 0 Å². The molecule has 0 aromatic heterocycles. The first kappa shape index (κ1) is 14.1. The van der Waals surface area contributed by atoms with E-state index in [-0.39, 0.29) is 0 Å². The van der Waals surface area contributed by atoms with Crippen molar-refractivity contribution in [3.63, 3.8) is 0 Å². The van der Waals surface area contributed by atoms with Gasteiger partial charge in [-0.3, -0.25) is 4.85 Å². The van der Waals surface area contributed by atoms with E-state index >= 15 is 0 Å². The molecule has 20 heavy (non-hydrogen) atoms. The van der Waals surface area contributed by atoms with Crippen molar-refractivity contribution in [3.05, 3.63) is 77.1 Å². The van der Waals surface area contributed by atoms with Crippen LogP contribution in [0.3, 0.4) is 0 Å². The number of benzene rings is 2. The second-order valence-corrected chi connectivity index (χ2v) is 4.75. The van der Waals surface area contributed by atoms with Crippen molar-refractivity contribution in [2.75, 3.05) is 7.11 Å². The SMILES string of the molecule is [C-]#[N+]C(C)(NCc1ccccc1)c1ccc(OC)cc1. The molecule has 2 aromatic rings. The fourth-order valence-corrected chi connectivity index (χ4v) is 1.99. The molecule has 0 bridgehead atoms. The molecule has 0 spiro atoms. The molecule has 0 radical (unpaired) electrons. The lowest BCUT2D eigenvalue weighted by Gasteiger charge is -2.19. The van der Waals surface area contributed by atoms with Gasteiger partial charge in [0.25, 0.3) is 0 Å². The summed E-state index contributed by atoms with van der Waals surface area (Å²) in [6, 6.07) is 17.7. The van der Waals surface area contributed by atoms with Crippen LogP contribution in [-0.2, 0) is 12.2 Å². The molecule has 0 heterocycles. The van der Waals surface area contributed by atoms with Gasteiger partial charge < -0.3 is 4.74 Å². The first-order valence-electron chi connectivity index (χ1n) is 6.50. The van der Waals surface area contributed by atoms with Gasteiger partial charge in [-0.25, -0.2) is 11.9 Å². The molecule has 2 aromatic carbocycles. The van der Waals surface area contributed by atoms with Crippen LogP contribution in [0, 0.1) is 6.57 Å². The number of hydrogen-bond donors (Lipinski definition) is 1. The van der Waals surface area contributed by atoms with Crippen molar-refractivity contribution in [2.24, 2.45) is 0 Å². The molecule has 0 aliphatic rings. The van der Waals surface area contributed by atoms with Crippen LogP contribution < -0.4 is 10.1 Å². The van der Waals surface area contributed by atoms with Gasteiger partial charge >= 0.3 is 5.66 Å². The zero-order chi connectivity index (χ0) is 14.4. The third-order valence-electron chi connectivity index (χ3n) is 3.36. The van der Waals surface area contributed by atoms with Gasteiger partial charge in [-0.2, -0.15) is 0 Å². The van der Waals surface area contributed by atoms with E-state index in [4.69, 9.17) is 11.3 Å². The number of ether oxygens (including phenoxy) is 1. The fourth-order valence-electron chi connectivity index (χ4n) is 1.99. The summed E-state index contributed by atoms with van der Waals surface area (Å²) in [5.41, 5.74) is 1.36. The van der Waals surface area contributed by atoms with E-state index in [2.05, 4.69) is 10.2 Å². The Bertz CT molecular complexity index is 587. The molecule has 0 saturated carbocycles. The Hall–Kier alpha value is -2.31. The van der Waals surface area contributed by atoms with E-state index in [0.717, 1.165) is 16.9 Å². The van der Waals surface area contributed by atoms with Gasteiger partial charge in [-0.05, 0) is 29.8 Å². The van der Waals surface area contributed by atoms with Crippen molar-refractivity contribution in [1.82, 2.24) is 5.32 Å². The molecule has 1 atom stereocenters. The number of hydrogen-bond acceptors (Lipinski definition) is 2. The predicted octanol–water partition coefficient (Wildman–Crippen LogP) is 3.58. The van der Waals surface area contributed by atoms with Gasteiger partial charge in [0, 0.05) is 13.5 Å². The summed E-state index contributed by atoms with van der Waals surface area (Å²) >= 11 is 0. The number of rotatable bonds is 5. The maximum atomic E-state index is 7.49. The minimum Gasteiger partial charge on any atom is -0.497 e. The Kier molecular flexibility index (Phi) is 4.39. The lowest BCUT2D eigenvalue weighted by atomic mass is 10.0. The summed E-state index contributed by atoms with van der Waals surface area (Å²) in [7, 11) is 1.64. The maximum Gasteiger partial charge on any atom is 0.309 e. The first-order chi connectivity index (χ1) is 9.68. The van der Waals surface area contributed by atoms with Crippen molar-refractivity contribution < 1.29 is 4.74 Å². The van der Waals surface area contributed by atoms with E-state index in [9.17, 15) is 0 Å². The zero-order valence-electron chi connectivity index (χ0n) is 11.8. The third kappa shape index (κ3) is 3.17. The average Bonchev–Trinajstić information content (AvgIpc) is 2.53. The van der Waals surface area contributed by atoms with Crippen LogP contribution in [0.2, 0.25) is 0 Å². The van der Waals surface area contributed by atoms with Gasteiger partial charge in [-0.1, -0.05) is 30.3 Å². The third-order valence-corrected chi connectivity index (χ3v) is 3.36. The largest absolute Gasteiger partial charge is 0.497 e. The Morgan fingerprint density at radius 3 is 2.30 bits per heavy atom. The van der Waals surface area contributed by atoms with Crippen molar-refractivity contribution in [1.29, 1.82) is 0 Å². The molecule has 3 heteroatoms. The molecular formula is C17H18N2O. The Balaban J connectivity index is 2.14. The lowest BCUT2D eigenvalue weighted by molar-refractivity contribution is 0.412. The van der Waals surface area contributed by atoms with Gasteiger partial charge in [0.05, 0.1) is 12.7 Å². The van der Waals surface area contributed by atoms with E-state index < -0.39 is 5.66 Å². The summed E-state index contributed by atoms with van der Waals surface area (Å²) in [5, 5.41) is 3.32. The van der Waals surface area contributed by atoms with Crippen LogP contribution >= 0.6 is 0 Å². The lowest BCUT2D eigenvalue weighted by Crippen LogP contribution is -2.35. The van der Waals surface area contributed by atoms with E-state index in [0.29, 0.717) is 6.54 Å². The minimum absolute atomic E-state index is 0.658. The molecule has 0 amide bonds. The molecule has 3 nitrogen and oxygen atoms in total. The molecule has 1 N–H and O–H groups in total. The Morgan fingerprint density at radius 2 is 1.75 bits per heavy atom. The van der Waals surface area contributed by atoms with E-state index in [1.807, 2.05) is 61.5 Å². The zero-order valence-corrected chi connectivity index (χ0v) is 11.8. The predicted molar refractivity (Wildman–Crippen MR) is 80.2 cm³/mol. The van der Waals surface area contributed by atoms with Crippen LogP contribution in [0.5, 0.6) is 5.75 Å². The summed E-state index contributed by atoms with van der Waals surface area (Å²) in [4.78, 5) is 3.76. The number of nitrogens with one attached hydrogen (secondary N) is 1. The quantitative estimate of drug-likeness (QED) is 0.837. The fraction of sp³-hybridized carbons (Fsp3) is 0.235. The highest BCUT2D eigenvalue weighted by Crippen LogP contribution is 2.25. The molecule has 2 rings (SSSR count). The van der Waals surface area contributed by atoms with Gasteiger partial charge in [-0.15, -0.1) is 0 Å². The molecule has 0 aliphatic heterocycles. The highest BCUT2D eigenvalue weighted by atomic mass is 16.5. The van der Waals surface area contributed by atoms with Crippen LogP contribution in [0.25, 0.3) is 4.85 Å². The summed E-state index contributed by atoms with van der Waals surface area (Å²) in [6.45, 7) is 10.0. The second kappa shape index (κ2) is 6.23. The van der Waals surface area contributed by atoms with Gasteiger partial charge in [0.15, 0.2) is 0 Å². The van der Waals surface area contributed by atoms with Crippen LogP contribution in [-0.4, -0.2) is 7.11 Å². The molecule has 0 aliphatic carbocycles. The number of methoxy groups -OCH3 is 1. The van der Waals surface area contributed by atoms with Gasteiger partial charge in [0.1, 0.15) is 5.75 Å². The number of nitrogens with zero attached hydrogens (tertiary/aromatic N) is 1. The average molecular weight is 266 g/mol. The smallest absolute Gasteiger partial charge is 0.309 e. The molecule has 0 saturated heterocycles. The Labute approximate surface area is 120 Å². The first-order valence-corrected chi connectivity index (χ1v) is 6.50. The molecule has 1 unspecified atom stereocenters. The highest BCUT2D eigenvalue weighted by molar-refractivity contribution is 5.33. The van der Waals surface area contributed by atoms with Crippen molar-refractivity contribution >= 4 is 0 Å². The second-order valence-electron chi connectivity index (χ2n) is 4.75. The normalized spacial score (nSPS) is 13.2. The topological polar surface area (TPSA) is 25.6 Å². The standard InChI is InChI=1S/C17H18N2O/c1-17(18-2,15-9-11-16(20-3)12-10-15)19-13-14-7-5-4-6-8-14/h4-12,19H,13H2,1,3H3. The van der Waals surface area contributed by atoms with Crippen LogP contribution in [0.4, 0.5) is 0 Å². The monoisotopic (exact) mass is 266 g/mol. The summed E-state index contributed by atoms with van der Waals surface area (Å²) in [5.74, 6) is 0.795. The minimum atomic E-state index is -0.734. The van der Waals surface area contributed by atoms with Crippen molar-refractivity contribution in [3.8, 4) is 5.75 Å². The maximum absolute atomic E-state index is 7.49. The highest BCUT2D eigenvalue weighted by Gasteiger charge is 2.31. The summed E-state index contributed by atoms with van der Waals surface area (Å²) in [6.07, 6.45) is 0. The van der Waals surface area contributed by atoms with Crippen LogP contribution in [0.1, 0.15) is 18.1 Å². The molecule has 102 valence electrons. The van der Waals surface area contributed by atoms with Gasteiger partial charge in [0.2, 0.25) is 0 Å². The molecular weight excluding hydrogens is 248 g/mol. The molecule has 0 fully saturated rings. The van der Waals surface area contributed by atoms with E-state index in [1.54, 1.807) is 7.11 Å². The summed E-state index contributed by atoms with van der Waals surface area (Å²) < 4.78 is 5.15. The Morgan fingerprint density at radius 1 is 1.10 bits per heavy atom. The van der Waals surface area contributed by atoms with Crippen molar-refractivity contribution in [2.45, 2.75) is 19.1 Å².